The quantitative estimate of drug-likeness (QED) is 0.513. The Morgan fingerprint density at radius 2 is 2.10 bits per heavy atom. The van der Waals surface area contributed by atoms with Gasteiger partial charge in [0.2, 0.25) is 0 Å². The fourth-order valence-corrected chi connectivity index (χ4v) is 3.13. The summed E-state index contributed by atoms with van der Waals surface area (Å²) in [5.74, 6) is 1.57. The molecule has 2 nitrogen and oxygen atoms in total. The number of hydrogen-bond donors (Lipinski definition) is 1. The molecule has 1 saturated carbocycles. The number of nitrogens with zero attached hydrogens (tertiary/aromatic N) is 1. The average molecular weight is 139 g/mol. The summed E-state index contributed by atoms with van der Waals surface area (Å²) < 4.78 is 0. The van der Waals surface area contributed by atoms with E-state index in [9.17, 15) is 5.11 Å². The van der Waals surface area contributed by atoms with Gasteiger partial charge in [0.15, 0.2) is 0 Å². The smallest absolute Gasteiger partial charge is 0.0735 e. The summed E-state index contributed by atoms with van der Waals surface area (Å²) >= 11 is 0. The van der Waals surface area contributed by atoms with Crippen LogP contribution in [-0.2, 0) is 0 Å². The first kappa shape index (κ1) is 5.56. The van der Waals surface area contributed by atoms with Crippen LogP contribution in [0.1, 0.15) is 12.8 Å². The molecule has 3 aliphatic heterocycles. The third-order valence-corrected chi connectivity index (χ3v) is 3.52. The molecule has 2 heteroatoms. The maximum atomic E-state index is 9.66. The van der Waals surface area contributed by atoms with Gasteiger partial charge >= 0.3 is 0 Å². The summed E-state index contributed by atoms with van der Waals surface area (Å²) in [5.41, 5.74) is 0. The third-order valence-electron chi connectivity index (χ3n) is 3.52. The van der Waals surface area contributed by atoms with Gasteiger partial charge in [-0.25, -0.2) is 0 Å². The van der Waals surface area contributed by atoms with E-state index in [1.807, 2.05) is 0 Å². The van der Waals surface area contributed by atoms with Gasteiger partial charge in [-0.1, -0.05) is 0 Å². The molecule has 0 radical (unpaired) electrons. The predicted molar refractivity (Wildman–Crippen MR) is 37.6 cm³/mol. The topological polar surface area (TPSA) is 23.5 Å². The van der Waals surface area contributed by atoms with Crippen molar-refractivity contribution in [2.75, 3.05) is 13.1 Å². The molecule has 4 fully saturated rings. The molecule has 3 heterocycles. The summed E-state index contributed by atoms with van der Waals surface area (Å²) in [6.07, 6.45) is 2.60. The van der Waals surface area contributed by atoms with Crippen molar-refractivity contribution in [3.63, 3.8) is 0 Å². The second-order valence-electron chi connectivity index (χ2n) is 4.11. The number of aliphatic hydroxyl groups is 1. The average Bonchev–Trinajstić information content (AvgIpc) is 2.31. The lowest BCUT2D eigenvalue weighted by Crippen LogP contribution is -2.32. The van der Waals surface area contributed by atoms with Gasteiger partial charge in [0.1, 0.15) is 0 Å². The highest BCUT2D eigenvalue weighted by Gasteiger charge is 2.51. The third kappa shape index (κ3) is 0.487. The zero-order valence-corrected chi connectivity index (χ0v) is 6.03. The highest BCUT2D eigenvalue weighted by molar-refractivity contribution is 5.05. The first-order chi connectivity index (χ1) is 4.84. The van der Waals surface area contributed by atoms with Crippen LogP contribution in [-0.4, -0.2) is 35.2 Å². The Balaban J connectivity index is 1.99. The highest BCUT2D eigenvalue weighted by atomic mass is 16.3. The van der Waals surface area contributed by atoms with Crippen LogP contribution in [0.15, 0.2) is 0 Å². The van der Waals surface area contributed by atoms with Crippen LogP contribution in [0, 0.1) is 11.8 Å². The van der Waals surface area contributed by atoms with E-state index in [4.69, 9.17) is 0 Å². The van der Waals surface area contributed by atoms with Crippen molar-refractivity contribution in [3.05, 3.63) is 0 Å². The monoisotopic (exact) mass is 139 g/mol. The van der Waals surface area contributed by atoms with E-state index < -0.39 is 0 Å². The summed E-state index contributed by atoms with van der Waals surface area (Å²) in [4.78, 5) is 2.48. The van der Waals surface area contributed by atoms with Gasteiger partial charge in [-0.3, -0.25) is 4.90 Å². The Kier molecular flexibility index (Phi) is 0.868. The molecule has 1 N–H and O–H groups in total. The Hall–Kier alpha value is -0.0800. The van der Waals surface area contributed by atoms with Crippen LogP contribution >= 0.6 is 0 Å². The molecule has 5 unspecified atom stereocenters. The summed E-state index contributed by atoms with van der Waals surface area (Å²) in [6.45, 7) is 2.46. The van der Waals surface area contributed by atoms with E-state index in [1.165, 1.54) is 25.9 Å². The molecule has 0 aromatic heterocycles. The molecule has 0 aromatic carbocycles. The zero-order chi connectivity index (χ0) is 6.72. The lowest BCUT2D eigenvalue weighted by Gasteiger charge is -2.26. The van der Waals surface area contributed by atoms with Gasteiger partial charge in [0.25, 0.3) is 0 Å². The van der Waals surface area contributed by atoms with E-state index in [2.05, 4.69) is 4.90 Å². The first-order valence-electron chi connectivity index (χ1n) is 4.27. The molecular formula is C8H13NO. The SMILES string of the molecule is OC1C2CC3CC1N(C3)C2. The van der Waals surface area contributed by atoms with E-state index in [0.717, 1.165) is 5.92 Å². The molecule has 1 aliphatic carbocycles. The Bertz CT molecular complexity index is 165. The van der Waals surface area contributed by atoms with Crippen LogP contribution in [0.5, 0.6) is 0 Å². The van der Waals surface area contributed by atoms with Gasteiger partial charge in [-0.05, 0) is 24.7 Å². The maximum absolute atomic E-state index is 9.66. The molecular weight excluding hydrogens is 126 g/mol. The van der Waals surface area contributed by atoms with Crippen molar-refractivity contribution in [1.29, 1.82) is 0 Å². The molecule has 4 aliphatic rings. The lowest BCUT2D eigenvalue weighted by molar-refractivity contribution is 0.0809. The second kappa shape index (κ2) is 1.56. The van der Waals surface area contributed by atoms with Gasteiger partial charge < -0.3 is 5.11 Å². The number of piperidine rings is 1. The maximum Gasteiger partial charge on any atom is 0.0735 e. The molecule has 56 valence electrons. The molecule has 10 heavy (non-hydrogen) atoms. The molecule has 0 amide bonds. The minimum Gasteiger partial charge on any atom is -0.391 e. The Morgan fingerprint density at radius 3 is 2.80 bits per heavy atom. The second-order valence-corrected chi connectivity index (χ2v) is 4.11. The van der Waals surface area contributed by atoms with Gasteiger partial charge in [-0.2, -0.15) is 0 Å². The van der Waals surface area contributed by atoms with Crippen molar-refractivity contribution < 1.29 is 5.11 Å². The fourth-order valence-electron chi connectivity index (χ4n) is 3.13. The predicted octanol–water partition coefficient (Wildman–Crippen LogP) is 0.0713. The fraction of sp³-hybridized carbons (Fsp3) is 1.00. The van der Waals surface area contributed by atoms with E-state index in [0.29, 0.717) is 12.0 Å². The molecule has 3 saturated heterocycles. The molecule has 4 rings (SSSR count). The minimum atomic E-state index is 0.0266. The summed E-state index contributed by atoms with van der Waals surface area (Å²) in [7, 11) is 0. The van der Waals surface area contributed by atoms with Crippen molar-refractivity contribution in [2.45, 2.75) is 25.0 Å². The Labute approximate surface area is 60.8 Å². The van der Waals surface area contributed by atoms with Crippen LogP contribution in [0.2, 0.25) is 0 Å². The van der Waals surface area contributed by atoms with Crippen molar-refractivity contribution >= 4 is 0 Å². The molecule has 5 atom stereocenters. The van der Waals surface area contributed by atoms with E-state index in [-0.39, 0.29) is 6.10 Å². The van der Waals surface area contributed by atoms with Crippen LogP contribution < -0.4 is 0 Å². The highest BCUT2D eigenvalue weighted by Crippen LogP contribution is 2.45. The normalized spacial score (nSPS) is 63.9. The van der Waals surface area contributed by atoms with E-state index in [1.54, 1.807) is 0 Å². The van der Waals surface area contributed by atoms with Crippen molar-refractivity contribution in [1.82, 2.24) is 4.90 Å². The number of hydrogen-bond acceptors (Lipinski definition) is 2. The van der Waals surface area contributed by atoms with Gasteiger partial charge in [0.05, 0.1) is 6.10 Å². The van der Waals surface area contributed by atoms with Crippen LogP contribution in [0.3, 0.4) is 0 Å². The molecule has 0 spiro atoms. The number of rotatable bonds is 0. The lowest BCUT2D eigenvalue weighted by atomic mass is 9.81. The standard InChI is InChI=1S/C8H13NO/c10-8-6-1-5-2-7(8)9(3-5)4-6/h5-8,10H,1-4H2. The number of aliphatic hydroxyl groups excluding tert-OH is 1. The van der Waals surface area contributed by atoms with Crippen LogP contribution in [0.25, 0.3) is 0 Å². The van der Waals surface area contributed by atoms with Crippen molar-refractivity contribution in [2.24, 2.45) is 11.8 Å². The van der Waals surface area contributed by atoms with Crippen LogP contribution in [0.4, 0.5) is 0 Å². The summed E-state index contributed by atoms with van der Waals surface area (Å²) in [6, 6.07) is 0.559. The van der Waals surface area contributed by atoms with E-state index >= 15 is 0 Å². The summed E-state index contributed by atoms with van der Waals surface area (Å²) in [5, 5.41) is 9.66. The Morgan fingerprint density at radius 1 is 1.20 bits per heavy atom. The first-order valence-corrected chi connectivity index (χ1v) is 4.27. The molecule has 4 bridgehead atoms. The largest absolute Gasteiger partial charge is 0.391 e. The van der Waals surface area contributed by atoms with Crippen molar-refractivity contribution in [3.8, 4) is 0 Å². The zero-order valence-electron chi connectivity index (χ0n) is 6.03. The van der Waals surface area contributed by atoms with Gasteiger partial charge in [-0.15, -0.1) is 0 Å². The molecule has 0 aromatic rings. The minimum absolute atomic E-state index is 0.0266. The van der Waals surface area contributed by atoms with Gasteiger partial charge in [0, 0.05) is 19.1 Å².